The topological polar surface area (TPSA) is 95.6 Å². The van der Waals surface area contributed by atoms with Gasteiger partial charge in [0.25, 0.3) is 0 Å². The average molecular weight is 532 g/mol. The van der Waals surface area contributed by atoms with Gasteiger partial charge in [-0.1, -0.05) is 30.0 Å². The maximum atomic E-state index is 12.8. The van der Waals surface area contributed by atoms with Crippen molar-refractivity contribution in [2.45, 2.75) is 33.5 Å². The molecule has 0 spiro atoms. The van der Waals surface area contributed by atoms with Gasteiger partial charge in [0.1, 0.15) is 4.58 Å². The summed E-state index contributed by atoms with van der Waals surface area (Å²) in [7, 11) is -3.92. The van der Waals surface area contributed by atoms with Crippen molar-refractivity contribution in [3.8, 4) is 0 Å². The molecule has 182 valence electrons. The highest BCUT2D eigenvalue weighted by Crippen LogP contribution is 2.39. The van der Waals surface area contributed by atoms with Gasteiger partial charge in [0, 0.05) is 30.3 Å². The molecule has 1 atom stereocenters. The van der Waals surface area contributed by atoms with E-state index in [2.05, 4.69) is 10.0 Å². The van der Waals surface area contributed by atoms with E-state index in [4.69, 9.17) is 0 Å². The maximum absolute atomic E-state index is 12.8. The van der Waals surface area contributed by atoms with Gasteiger partial charge in [-0.05, 0) is 41.8 Å². The number of carbonyl (C=O) groups is 2. The van der Waals surface area contributed by atoms with Crippen molar-refractivity contribution in [2.75, 3.05) is 24.2 Å². The standard InChI is InChI=1S/C21H20F3N3O4S3/c22-21(23,24)20(29)27-9-7-13-5-6-15(11-14(13)12-27)34(30,31)25-8-10-32-19-18(28)26-16-3-1-2-4-17(16)33-19/h1-6,11,19,25H,7-10,12H2,(H,26,28). The van der Waals surface area contributed by atoms with Gasteiger partial charge in [-0.15, -0.1) is 11.8 Å². The number of thioether (sulfide) groups is 2. The predicted molar refractivity (Wildman–Crippen MR) is 124 cm³/mol. The Morgan fingerprint density at radius 3 is 2.74 bits per heavy atom. The van der Waals surface area contributed by atoms with E-state index in [1.165, 1.54) is 35.7 Å². The molecule has 0 saturated carbocycles. The number of alkyl halides is 3. The first kappa shape index (κ1) is 24.9. The number of para-hydroxylation sites is 1. The van der Waals surface area contributed by atoms with Crippen LogP contribution in [0.25, 0.3) is 0 Å². The van der Waals surface area contributed by atoms with Gasteiger partial charge < -0.3 is 10.2 Å². The fraction of sp³-hybridized carbons (Fsp3) is 0.333. The Morgan fingerprint density at radius 1 is 1.21 bits per heavy atom. The number of nitrogens with zero attached hydrogens (tertiary/aromatic N) is 1. The number of sulfonamides is 1. The Balaban J connectivity index is 1.34. The fourth-order valence-electron chi connectivity index (χ4n) is 3.62. The van der Waals surface area contributed by atoms with Gasteiger partial charge in [0.15, 0.2) is 0 Å². The lowest BCUT2D eigenvalue weighted by Gasteiger charge is -2.29. The lowest BCUT2D eigenvalue weighted by atomic mass is 10.00. The molecular formula is C21H20F3N3O4S3. The van der Waals surface area contributed by atoms with Crippen molar-refractivity contribution in [2.24, 2.45) is 0 Å². The summed E-state index contributed by atoms with van der Waals surface area (Å²) >= 11 is 2.71. The summed E-state index contributed by atoms with van der Waals surface area (Å²) in [5.74, 6) is -1.76. The number of nitrogens with one attached hydrogen (secondary N) is 2. The minimum atomic E-state index is -4.98. The van der Waals surface area contributed by atoms with Crippen LogP contribution < -0.4 is 10.0 Å². The van der Waals surface area contributed by atoms with Gasteiger partial charge in [0.05, 0.1) is 10.6 Å². The quantitative estimate of drug-likeness (QED) is 0.556. The van der Waals surface area contributed by atoms with Crippen molar-refractivity contribution in [1.82, 2.24) is 9.62 Å². The van der Waals surface area contributed by atoms with E-state index >= 15 is 0 Å². The van der Waals surface area contributed by atoms with Crippen molar-refractivity contribution in [3.05, 3.63) is 53.6 Å². The van der Waals surface area contributed by atoms with Crippen molar-refractivity contribution >= 4 is 51.0 Å². The third kappa shape index (κ3) is 5.53. The van der Waals surface area contributed by atoms with E-state index in [1.54, 1.807) is 6.07 Å². The summed E-state index contributed by atoms with van der Waals surface area (Å²) < 4.78 is 65.7. The minimum Gasteiger partial charge on any atom is -0.330 e. The van der Waals surface area contributed by atoms with E-state index in [1.807, 2.05) is 24.3 Å². The second-order valence-electron chi connectivity index (χ2n) is 7.61. The predicted octanol–water partition coefficient (Wildman–Crippen LogP) is 3.22. The highest BCUT2D eigenvalue weighted by Gasteiger charge is 2.43. The van der Waals surface area contributed by atoms with Gasteiger partial charge in [-0.2, -0.15) is 13.2 Å². The second kappa shape index (κ2) is 9.80. The normalized spacial score (nSPS) is 18.1. The van der Waals surface area contributed by atoms with Gasteiger partial charge in [0.2, 0.25) is 15.9 Å². The van der Waals surface area contributed by atoms with Crippen molar-refractivity contribution in [3.63, 3.8) is 0 Å². The third-order valence-corrected chi connectivity index (χ3v) is 9.44. The molecule has 2 N–H and O–H groups in total. The van der Waals surface area contributed by atoms with Crippen LogP contribution in [0.1, 0.15) is 11.1 Å². The number of benzene rings is 2. The number of anilines is 1. The molecule has 1 unspecified atom stereocenters. The summed E-state index contributed by atoms with van der Waals surface area (Å²) in [5, 5.41) is 2.83. The minimum absolute atomic E-state index is 0.0642. The molecule has 2 aliphatic heterocycles. The smallest absolute Gasteiger partial charge is 0.330 e. The van der Waals surface area contributed by atoms with Gasteiger partial charge in [-0.3, -0.25) is 9.59 Å². The van der Waals surface area contributed by atoms with E-state index in [-0.39, 0.29) is 36.9 Å². The molecule has 0 radical (unpaired) electrons. The largest absolute Gasteiger partial charge is 0.471 e. The van der Waals surface area contributed by atoms with Crippen LogP contribution in [0.15, 0.2) is 52.3 Å². The van der Waals surface area contributed by atoms with E-state index < -0.39 is 26.7 Å². The zero-order valence-corrected chi connectivity index (χ0v) is 20.0. The molecule has 4 rings (SSSR count). The Kier molecular flexibility index (Phi) is 7.17. The van der Waals surface area contributed by atoms with Crippen LogP contribution in [0.3, 0.4) is 0 Å². The molecular weight excluding hydrogens is 511 g/mol. The first-order chi connectivity index (χ1) is 16.0. The second-order valence-corrected chi connectivity index (χ2v) is 12.0. The molecule has 0 bridgehead atoms. The summed E-state index contributed by atoms with van der Waals surface area (Å²) in [5.41, 5.74) is 1.83. The number of halogens is 3. The molecule has 2 aliphatic rings. The molecule has 2 aromatic rings. The van der Waals surface area contributed by atoms with Crippen LogP contribution >= 0.6 is 23.5 Å². The Labute approximate surface area is 202 Å². The molecule has 2 amide bonds. The maximum Gasteiger partial charge on any atom is 0.471 e. The Morgan fingerprint density at radius 2 is 1.97 bits per heavy atom. The molecule has 13 heteroatoms. The highest BCUT2D eigenvalue weighted by atomic mass is 32.2. The Bertz CT molecular complexity index is 1220. The van der Waals surface area contributed by atoms with Crippen molar-refractivity contribution in [1.29, 1.82) is 0 Å². The van der Waals surface area contributed by atoms with Crippen molar-refractivity contribution < 1.29 is 31.2 Å². The van der Waals surface area contributed by atoms with Crippen LogP contribution in [-0.4, -0.2) is 54.7 Å². The van der Waals surface area contributed by atoms with Crippen LogP contribution in [0, 0.1) is 0 Å². The Hall–Kier alpha value is -2.22. The molecule has 0 saturated heterocycles. The number of hydrogen-bond acceptors (Lipinski definition) is 6. The van der Waals surface area contributed by atoms with Crippen LogP contribution in [0.4, 0.5) is 18.9 Å². The summed E-state index contributed by atoms with van der Waals surface area (Å²) in [4.78, 5) is 25.3. The number of fused-ring (bicyclic) bond motifs is 2. The first-order valence-electron chi connectivity index (χ1n) is 10.2. The molecule has 0 aromatic heterocycles. The lowest BCUT2D eigenvalue weighted by molar-refractivity contribution is -0.186. The SMILES string of the molecule is O=C1Nc2ccccc2SC1SCCNS(=O)(=O)c1ccc2c(c1)CN(C(=O)C(F)(F)F)CC2. The zero-order chi connectivity index (χ0) is 24.5. The number of rotatable bonds is 6. The summed E-state index contributed by atoms with van der Waals surface area (Å²) in [6.45, 7) is -0.318. The molecule has 0 fully saturated rings. The zero-order valence-electron chi connectivity index (χ0n) is 17.6. The van der Waals surface area contributed by atoms with Gasteiger partial charge in [-0.25, -0.2) is 13.1 Å². The van der Waals surface area contributed by atoms with Gasteiger partial charge >= 0.3 is 12.1 Å². The van der Waals surface area contributed by atoms with E-state index in [0.717, 1.165) is 10.6 Å². The highest BCUT2D eigenvalue weighted by molar-refractivity contribution is 8.18. The monoisotopic (exact) mass is 531 g/mol. The third-order valence-electron chi connectivity index (χ3n) is 5.29. The fourth-order valence-corrected chi connectivity index (χ4v) is 7.15. The molecule has 0 aliphatic carbocycles. The summed E-state index contributed by atoms with van der Waals surface area (Å²) in [6.07, 6.45) is -4.76. The lowest BCUT2D eigenvalue weighted by Crippen LogP contribution is -2.43. The van der Waals surface area contributed by atoms with Crippen LogP contribution in [0.5, 0.6) is 0 Å². The van der Waals surface area contributed by atoms with E-state index in [9.17, 15) is 31.2 Å². The number of carbonyl (C=O) groups excluding carboxylic acids is 2. The molecule has 2 heterocycles. The average Bonchev–Trinajstić information content (AvgIpc) is 2.80. The number of hydrogen-bond donors (Lipinski definition) is 2. The summed E-state index contributed by atoms with van der Waals surface area (Å²) in [6, 6.07) is 11.7. The number of amides is 2. The first-order valence-corrected chi connectivity index (χ1v) is 13.6. The van der Waals surface area contributed by atoms with Crippen LogP contribution in [-0.2, 0) is 32.6 Å². The molecule has 2 aromatic carbocycles. The molecule has 7 nitrogen and oxygen atoms in total. The van der Waals surface area contributed by atoms with E-state index in [0.29, 0.717) is 21.8 Å². The van der Waals surface area contributed by atoms with Crippen LogP contribution in [0.2, 0.25) is 0 Å². The molecule has 34 heavy (non-hydrogen) atoms.